The van der Waals surface area contributed by atoms with Crippen LogP contribution in [0, 0.1) is 0 Å². The Kier molecular flexibility index (Phi) is 3.83. The molecule has 6 nitrogen and oxygen atoms in total. The highest BCUT2D eigenvalue weighted by molar-refractivity contribution is 7.99. The number of rotatable bonds is 5. The maximum Gasteiger partial charge on any atom is 0.311 e. The highest BCUT2D eigenvalue weighted by Gasteiger charge is 2.20. The molecule has 1 heterocycles. The minimum atomic E-state index is -0.864. The SMILES string of the molecule is Nc1nc(SCC(C(=O)O)c2ccccc2)n[nH]1. The molecule has 1 atom stereocenters. The molecule has 0 aliphatic heterocycles. The zero-order valence-electron chi connectivity index (χ0n) is 9.41. The van der Waals surface area contributed by atoms with Crippen molar-refractivity contribution in [3.05, 3.63) is 35.9 Å². The van der Waals surface area contributed by atoms with Gasteiger partial charge in [0.1, 0.15) is 0 Å². The molecule has 2 rings (SSSR count). The summed E-state index contributed by atoms with van der Waals surface area (Å²) in [7, 11) is 0. The Balaban J connectivity index is 2.06. The van der Waals surface area contributed by atoms with Crippen molar-refractivity contribution in [1.82, 2.24) is 15.2 Å². The fourth-order valence-electron chi connectivity index (χ4n) is 1.48. The quantitative estimate of drug-likeness (QED) is 0.704. The average Bonchev–Trinajstić information content (AvgIpc) is 2.76. The first-order valence-corrected chi connectivity index (χ1v) is 6.24. The van der Waals surface area contributed by atoms with E-state index in [4.69, 9.17) is 5.73 Å². The highest BCUT2D eigenvalue weighted by Crippen LogP contribution is 2.24. The summed E-state index contributed by atoms with van der Waals surface area (Å²) < 4.78 is 0. The van der Waals surface area contributed by atoms with Crippen LogP contribution in [-0.4, -0.2) is 32.0 Å². The van der Waals surface area contributed by atoms with Crippen molar-refractivity contribution in [2.24, 2.45) is 0 Å². The molecule has 1 unspecified atom stereocenters. The van der Waals surface area contributed by atoms with Gasteiger partial charge in [-0.25, -0.2) is 5.10 Å². The highest BCUT2D eigenvalue weighted by atomic mass is 32.2. The van der Waals surface area contributed by atoms with Crippen LogP contribution in [0.2, 0.25) is 0 Å². The van der Waals surface area contributed by atoms with Crippen molar-refractivity contribution in [2.75, 3.05) is 11.5 Å². The molecule has 1 aromatic carbocycles. The van der Waals surface area contributed by atoms with Crippen molar-refractivity contribution in [1.29, 1.82) is 0 Å². The third kappa shape index (κ3) is 3.01. The smallest absolute Gasteiger partial charge is 0.311 e. The number of carboxylic acids is 1. The van der Waals surface area contributed by atoms with E-state index in [0.29, 0.717) is 10.9 Å². The number of benzene rings is 1. The Hall–Kier alpha value is -2.02. The van der Waals surface area contributed by atoms with Crippen molar-refractivity contribution in [3.63, 3.8) is 0 Å². The lowest BCUT2D eigenvalue weighted by atomic mass is 10.0. The number of carbonyl (C=O) groups is 1. The number of aliphatic carboxylic acids is 1. The topological polar surface area (TPSA) is 105 Å². The van der Waals surface area contributed by atoms with E-state index in [1.165, 1.54) is 11.8 Å². The normalized spacial score (nSPS) is 12.2. The summed E-state index contributed by atoms with van der Waals surface area (Å²) in [5.74, 6) is -0.867. The van der Waals surface area contributed by atoms with Crippen LogP contribution in [0.25, 0.3) is 0 Å². The van der Waals surface area contributed by atoms with E-state index >= 15 is 0 Å². The van der Waals surface area contributed by atoms with Crippen LogP contribution in [0.4, 0.5) is 5.95 Å². The number of nitrogens with one attached hydrogen (secondary N) is 1. The van der Waals surface area contributed by atoms with Crippen molar-refractivity contribution in [2.45, 2.75) is 11.1 Å². The third-order valence-corrected chi connectivity index (χ3v) is 3.30. The first kappa shape index (κ1) is 12.4. The number of aromatic amines is 1. The number of aromatic nitrogens is 3. The fraction of sp³-hybridized carbons (Fsp3) is 0.182. The molecular weight excluding hydrogens is 252 g/mol. The number of hydrogen-bond donors (Lipinski definition) is 3. The number of nitrogens with zero attached hydrogens (tertiary/aromatic N) is 2. The van der Waals surface area contributed by atoms with Crippen molar-refractivity contribution >= 4 is 23.7 Å². The Morgan fingerprint density at radius 3 is 2.72 bits per heavy atom. The monoisotopic (exact) mass is 264 g/mol. The molecule has 7 heteroatoms. The van der Waals surface area contributed by atoms with Crippen LogP contribution in [0.15, 0.2) is 35.5 Å². The number of anilines is 1. The molecule has 0 fully saturated rings. The van der Waals surface area contributed by atoms with E-state index in [-0.39, 0.29) is 5.95 Å². The van der Waals surface area contributed by atoms with Gasteiger partial charge in [-0.1, -0.05) is 42.1 Å². The molecule has 0 bridgehead atoms. The van der Waals surface area contributed by atoms with Crippen LogP contribution in [0.3, 0.4) is 0 Å². The summed E-state index contributed by atoms with van der Waals surface area (Å²) in [5, 5.41) is 16.0. The predicted molar refractivity (Wildman–Crippen MR) is 68.3 cm³/mol. The van der Waals surface area contributed by atoms with E-state index in [9.17, 15) is 9.90 Å². The molecule has 0 aliphatic rings. The summed E-state index contributed by atoms with van der Waals surface area (Å²) in [4.78, 5) is 15.2. The fourth-order valence-corrected chi connectivity index (χ4v) is 2.40. The lowest BCUT2D eigenvalue weighted by Gasteiger charge is -2.10. The van der Waals surface area contributed by atoms with Crippen LogP contribution < -0.4 is 5.73 Å². The number of H-pyrrole nitrogens is 1. The van der Waals surface area contributed by atoms with Gasteiger partial charge < -0.3 is 10.8 Å². The van der Waals surface area contributed by atoms with Crippen molar-refractivity contribution in [3.8, 4) is 0 Å². The molecule has 0 saturated carbocycles. The molecule has 2 aromatic rings. The Labute approximate surface area is 108 Å². The van der Waals surface area contributed by atoms with Gasteiger partial charge in [0.15, 0.2) is 0 Å². The van der Waals surface area contributed by atoms with E-state index in [1.807, 2.05) is 18.2 Å². The number of nitrogens with two attached hydrogens (primary N) is 1. The molecule has 94 valence electrons. The minimum absolute atomic E-state index is 0.226. The maximum atomic E-state index is 11.2. The van der Waals surface area contributed by atoms with Crippen LogP contribution >= 0.6 is 11.8 Å². The third-order valence-electron chi connectivity index (χ3n) is 2.36. The molecule has 1 aromatic heterocycles. The molecule has 4 N–H and O–H groups in total. The molecule has 0 aliphatic carbocycles. The predicted octanol–water partition coefficient (Wildman–Crippen LogP) is 1.35. The van der Waals surface area contributed by atoms with E-state index in [1.54, 1.807) is 12.1 Å². The van der Waals surface area contributed by atoms with E-state index in [0.717, 1.165) is 5.56 Å². The molecular formula is C11H12N4O2S. The van der Waals surface area contributed by atoms with Gasteiger partial charge in [-0.2, -0.15) is 4.98 Å². The Bertz CT molecular complexity index is 529. The van der Waals surface area contributed by atoms with Gasteiger partial charge in [-0.15, -0.1) is 5.10 Å². The molecule has 0 amide bonds. The van der Waals surface area contributed by atoms with E-state index in [2.05, 4.69) is 15.2 Å². The summed E-state index contributed by atoms with van der Waals surface area (Å²) in [6, 6.07) is 9.09. The van der Waals surface area contributed by atoms with Gasteiger partial charge in [0.05, 0.1) is 5.92 Å². The average molecular weight is 264 g/mol. The maximum absolute atomic E-state index is 11.2. The summed E-state index contributed by atoms with van der Waals surface area (Å²) >= 11 is 1.26. The van der Waals surface area contributed by atoms with Gasteiger partial charge in [0.25, 0.3) is 0 Å². The van der Waals surface area contributed by atoms with Gasteiger partial charge in [-0.3, -0.25) is 4.79 Å². The van der Waals surface area contributed by atoms with Crippen LogP contribution in [0.5, 0.6) is 0 Å². The van der Waals surface area contributed by atoms with Gasteiger partial charge in [0.2, 0.25) is 11.1 Å². The largest absolute Gasteiger partial charge is 0.481 e. The first-order valence-electron chi connectivity index (χ1n) is 5.25. The van der Waals surface area contributed by atoms with Crippen LogP contribution in [0.1, 0.15) is 11.5 Å². The van der Waals surface area contributed by atoms with E-state index < -0.39 is 11.9 Å². The second kappa shape index (κ2) is 5.54. The molecule has 0 spiro atoms. The zero-order valence-corrected chi connectivity index (χ0v) is 10.2. The second-order valence-corrected chi connectivity index (χ2v) is 4.60. The lowest BCUT2D eigenvalue weighted by molar-refractivity contribution is -0.138. The first-order chi connectivity index (χ1) is 8.66. The lowest BCUT2D eigenvalue weighted by Crippen LogP contribution is -2.14. The van der Waals surface area contributed by atoms with Gasteiger partial charge in [-0.05, 0) is 5.56 Å². The summed E-state index contributed by atoms with van der Waals surface area (Å²) in [6.07, 6.45) is 0. The zero-order chi connectivity index (χ0) is 13.0. The molecule has 18 heavy (non-hydrogen) atoms. The number of nitrogen functional groups attached to an aromatic ring is 1. The minimum Gasteiger partial charge on any atom is -0.481 e. The molecule has 0 saturated heterocycles. The number of hydrogen-bond acceptors (Lipinski definition) is 5. The number of carboxylic acid groups (broad SMARTS) is 1. The second-order valence-electron chi connectivity index (χ2n) is 3.62. The summed E-state index contributed by atoms with van der Waals surface area (Å²) in [6.45, 7) is 0. The van der Waals surface area contributed by atoms with Crippen LogP contribution in [-0.2, 0) is 4.79 Å². The van der Waals surface area contributed by atoms with Gasteiger partial charge >= 0.3 is 5.97 Å². The van der Waals surface area contributed by atoms with Crippen molar-refractivity contribution < 1.29 is 9.90 Å². The molecule has 0 radical (unpaired) electrons. The summed E-state index contributed by atoms with van der Waals surface area (Å²) in [5.41, 5.74) is 6.16. The Morgan fingerprint density at radius 2 is 2.17 bits per heavy atom. The number of thioether (sulfide) groups is 1. The Morgan fingerprint density at radius 1 is 1.44 bits per heavy atom. The van der Waals surface area contributed by atoms with Gasteiger partial charge in [0, 0.05) is 5.75 Å². The standard InChI is InChI=1S/C11H12N4O2S/c12-10-13-11(15-14-10)18-6-8(9(16)17)7-4-2-1-3-5-7/h1-5,8H,6H2,(H,16,17)(H3,12,13,14,15).